The zero-order chi connectivity index (χ0) is 22.3. The molecule has 4 aliphatic carbocycles. The minimum Gasteiger partial charge on any atom is -0.339 e. The summed E-state index contributed by atoms with van der Waals surface area (Å²) in [6.45, 7) is 4.90. The molecule has 0 radical (unpaired) electrons. The van der Waals surface area contributed by atoms with Crippen LogP contribution in [0.3, 0.4) is 0 Å². The molecular formula is C27H42N2O3. The van der Waals surface area contributed by atoms with Crippen molar-refractivity contribution in [3.05, 3.63) is 0 Å². The molecule has 32 heavy (non-hydrogen) atoms. The van der Waals surface area contributed by atoms with Crippen LogP contribution in [-0.2, 0) is 14.4 Å². The Bertz CT molecular complexity index is 725. The van der Waals surface area contributed by atoms with Crippen LogP contribution in [0.2, 0.25) is 0 Å². The predicted octanol–water partition coefficient (Wildman–Crippen LogP) is 4.44. The highest BCUT2D eigenvalue weighted by molar-refractivity contribution is 5.85. The minimum atomic E-state index is -0.103. The van der Waals surface area contributed by atoms with Gasteiger partial charge in [-0.2, -0.15) is 0 Å². The summed E-state index contributed by atoms with van der Waals surface area (Å²) in [5.74, 6) is 3.93. The Morgan fingerprint density at radius 1 is 0.750 bits per heavy atom. The van der Waals surface area contributed by atoms with Crippen LogP contribution in [0.25, 0.3) is 0 Å². The number of piperazine rings is 1. The average Bonchev–Trinajstić information content (AvgIpc) is 3.75. The van der Waals surface area contributed by atoms with Crippen LogP contribution in [0.5, 0.6) is 0 Å². The molecule has 5 rings (SSSR count). The van der Waals surface area contributed by atoms with Gasteiger partial charge >= 0.3 is 0 Å². The van der Waals surface area contributed by atoms with E-state index in [9.17, 15) is 14.4 Å². The van der Waals surface area contributed by atoms with Gasteiger partial charge in [-0.3, -0.25) is 14.4 Å². The van der Waals surface area contributed by atoms with Gasteiger partial charge in [0.15, 0.2) is 0 Å². The van der Waals surface area contributed by atoms with Crippen molar-refractivity contribution in [1.29, 1.82) is 0 Å². The zero-order valence-corrected chi connectivity index (χ0v) is 20.0. The van der Waals surface area contributed by atoms with E-state index in [1.807, 2.05) is 9.80 Å². The van der Waals surface area contributed by atoms with E-state index in [0.29, 0.717) is 55.6 Å². The topological polar surface area (TPSA) is 57.7 Å². The molecule has 1 heterocycles. The summed E-state index contributed by atoms with van der Waals surface area (Å²) in [5, 5.41) is 0. The second-order valence-electron chi connectivity index (χ2n) is 12.0. The SMILES string of the molecule is CC1(C(=O)N2CCN(C(=O)C3CCC(C4CCCC(CC(=O)C5CC5)C4)CC3)CC2)CC1. The second kappa shape index (κ2) is 9.10. The molecule has 1 saturated heterocycles. The van der Waals surface area contributed by atoms with E-state index in [1.54, 1.807) is 0 Å². The number of carbonyl (C=O) groups excluding carboxylic acids is 3. The molecule has 2 unspecified atom stereocenters. The number of ketones is 1. The van der Waals surface area contributed by atoms with Crippen LogP contribution >= 0.6 is 0 Å². The largest absolute Gasteiger partial charge is 0.339 e. The van der Waals surface area contributed by atoms with Gasteiger partial charge in [0.2, 0.25) is 11.8 Å². The maximum Gasteiger partial charge on any atom is 0.228 e. The fourth-order valence-electron chi connectivity index (χ4n) is 6.81. The quantitative estimate of drug-likeness (QED) is 0.611. The van der Waals surface area contributed by atoms with E-state index in [4.69, 9.17) is 0 Å². The maximum atomic E-state index is 13.1. The second-order valence-corrected chi connectivity index (χ2v) is 12.0. The van der Waals surface area contributed by atoms with Gasteiger partial charge < -0.3 is 9.80 Å². The first-order valence-electron chi connectivity index (χ1n) is 13.5. The van der Waals surface area contributed by atoms with Gasteiger partial charge in [-0.05, 0) is 75.5 Å². The van der Waals surface area contributed by atoms with E-state index >= 15 is 0 Å². The summed E-state index contributed by atoms with van der Waals surface area (Å²) in [6.07, 6.45) is 14.7. The summed E-state index contributed by atoms with van der Waals surface area (Å²) in [5.41, 5.74) is -0.103. The summed E-state index contributed by atoms with van der Waals surface area (Å²) in [6, 6.07) is 0. The Labute approximate surface area is 193 Å². The molecule has 0 bridgehead atoms. The van der Waals surface area contributed by atoms with Gasteiger partial charge in [0, 0.05) is 49.9 Å². The van der Waals surface area contributed by atoms with Crippen molar-refractivity contribution in [2.75, 3.05) is 26.2 Å². The lowest BCUT2D eigenvalue weighted by molar-refractivity contribution is -0.145. The minimum absolute atomic E-state index is 0.103. The number of hydrogen-bond acceptors (Lipinski definition) is 3. The van der Waals surface area contributed by atoms with Gasteiger partial charge in [-0.15, -0.1) is 0 Å². The first kappa shape index (κ1) is 22.4. The van der Waals surface area contributed by atoms with Crippen molar-refractivity contribution >= 4 is 17.6 Å². The monoisotopic (exact) mass is 442 g/mol. The Kier molecular flexibility index (Phi) is 6.37. The normalized spacial score (nSPS) is 34.8. The Hall–Kier alpha value is -1.39. The number of rotatable bonds is 6. The van der Waals surface area contributed by atoms with Gasteiger partial charge in [-0.25, -0.2) is 0 Å². The van der Waals surface area contributed by atoms with Gasteiger partial charge in [0.1, 0.15) is 5.78 Å². The molecule has 4 saturated carbocycles. The Balaban J connectivity index is 1.05. The standard InChI is InChI=1S/C27H42N2O3/c1-27(11-12-27)26(32)29-15-13-28(14-16-29)25(31)22-9-5-20(6-10-22)23-4-2-3-19(17-23)18-24(30)21-7-8-21/h19-23H,2-18H2,1H3. The lowest BCUT2D eigenvalue weighted by Gasteiger charge is -2.41. The summed E-state index contributed by atoms with van der Waals surface area (Å²) in [4.78, 5) is 42.0. The number of amides is 2. The Morgan fingerprint density at radius 3 is 2.00 bits per heavy atom. The molecule has 2 amide bonds. The molecule has 0 spiro atoms. The van der Waals surface area contributed by atoms with Crippen molar-refractivity contribution in [1.82, 2.24) is 9.80 Å². The molecule has 0 aromatic rings. The van der Waals surface area contributed by atoms with Crippen LogP contribution in [0, 0.1) is 35.0 Å². The smallest absolute Gasteiger partial charge is 0.228 e. The first-order valence-corrected chi connectivity index (χ1v) is 13.5. The highest BCUT2D eigenvalue weighted by atomic mass is 16.2. The molecule has 5 aliphatic rings. The van der Waals surface area contributed by atoms with E-state index in [1.165, 1.54) is 38.5 Å². The van der Waals surface area contributed by atoms with Crippen molar-refractivity contribution in [2.24, 2.45) is 35.0 Å². The Morgan fingerprint density at radius 2 is 1.38 bits per heavy atom. The summed E-state index contributed by atoms with van der Waals surface area (Å²) in [7, 11) is 0. The molecule has 1 aliphatic heterocycles. The third-order valence-electron chi connectivity index (χ3n) is 9.53. The van der Waals surface area contributed by atoms with E-state index in [0.717, 1.165) is 56.8 Å². The molecule has 5 heteroatoms. The molecule has 0 aromatic carbocycles. The third-order valence-corrected chi connectivity index (χ3v) is 9.53. The van der Waals surface area contributed by atoms with Crippen LogP contribution in [-0.4, -0.2) is 53.6 Å². The number of Topliss-reactive ketones (excluding diaryl/α,β-unsaturated/α-hetero) is 1. The van der Waals surface area contributed by atoms with Gasteiger partial charge in [-0.1, -0.05) is 26.2 Å². The fourth-order valence-corrected chi connectivity index (χ4v) is 6.81. The predicted molar refractivity (Wildman–Crippen MR) is 124 cm³/mol. The summed E-state index contributed by atoms with van der Waals surface area (Å²) >= 11 is 0. The molecule has 2 atom stereocenters. The lowest BCUT2D eigenvalue weighted by atomic mass is 9.68. The van der Waals surface area contributed by atoms with Crippen LogP contribution in [0.15, 0.2) is 0 Å². The molecule has 178 valence electrons. The van der Waals surface area contributed by atoms with E-state index < -0.39 is 0 Å². The van der Waals surface area contributed by atoms with Crippen LogP contribution < -0.4 is 0 Å². The van der Waals surface area contributed by atoms with E-state index in [2.05, 4.69) is 6.92 Å². The van der Waals surface area contributed by atoms with Gasteiger partial charge in [0.25, 0.3) is 0 Å². The van der Waals surface area contributed by atoms with Gasteiger partial charge in [0.05, 0.1) is 0 Å². The highest BCUT2D eigenvalue weighted by Gasteiger charge is 2.47. The zero-order valence-electron chi connectivity index (χ0n) is 20.0. The lowest BCUT2D eigenvalue weighted by Crippen LogP contribution is -2.53. The molecule has 5 fully saturated rings. The highest BCUT2D eigenvalue weighted by Crippen LogP contribution is 2.47. The third kappa shape index (κ3) is 4.92. The number of nitrogens with zero attached hydrogens (tertiary/aromatic N) is 2. The van der Waals surface area contributed by atoms with Crippen molar-refractivity contribution in [3.63, 3.8) is 0 Å². The van der Waals surface area contributed by atoms with E-state index in [-0.39, 0.29) is 11.3 Å². The molecular weight excluding hydrogens is 400 g/mol. The molecule has 0 N–H and O–H groups in total. The number of carbonyl (C=O) groups is 3. The first-order chi connectivity index (χ1) is 15.4. The summed E-state index contributed by atoms with van der Waals surface area (Å²) < 4.78 is 0. The average molecular weight is 443 g/mol. The van der Waals surface area contributed by atoms with Crippen LogP contribution in [0.1, 0.15) is 90.4 Å². The van der Waals surface area contributed by atoms with Crippen molar-refractivity contribution in [2.45, 2.75) is 90.4 Å². The van der Waals surface area contributed by atoms with Crippen molar-refractivity contribution < 1.29 is 14.4 Å². The molecule has 0 aromatic heterocycles. The van der Waals surface area contributed by atoms with Crippen LogP contribution in [0.4, 0.5) is 0 Å². The van der Waals surface area contributed by atoms with Crippen molar-refractivity contribution in [3.8, 4) is 0 Å². The maximum absolute atomic E-state index is 13.1. The molecule has 5 nitrogen and oxygen atoms in total. The fraction of sp³-hybridized carbons (Fsp3) is 0.889. The number of hydrogen-bond donors (Lipinski definition) is 0.